The maximum atomic E-state index is 14.1. The van der Waals surface area contributed by atoms with Crippen LogP contribution in [0.3, 0.4) is 0 Å². The molecule has 1 aromatic heterocycles. The van der Waals surface area contributed by atoms with Gasteiger partial charge < -0.3 is 14.0 Å². The molecule has 35 heavy (non-hydrogen) atoms. The Labute approximate surface area is 205 Å². The highest BCUT2D eigenvalue weighted by molar-refractivity contribution is 6.31. The molecule has 0 atom stereocenters. The Morgan fingerprint density at radius 1 is 0.943 bits per heavy atom. The number of rotatable bonds is 6. The van der Waals surface area contributed by atoms with E-state index in [-0.39, 0.29) is 5.75 Å². The Hall–Kier alpha value is -3.71. The summed E-state index contributed by atoms with van der Waals surface area (Å²) in [5, 5.41) is 0.417. The summed E-state index contributed by atoms with van der Waals surface area (Å²) in [6.07, 6.45) is 0. The summed E-state index contributed by atoms with van der Waals surface area (Å²) in [5.41, 5.74) is 3.43. The highest BCUT2D eigenvalue weighted by Crippen LogP contribution is 2.36. The maximum Gasteiger partial charge on any atom is 0.338 e. The summed E-state index contributed by atoms with van der Waals surface area (Å²) >= 11 is 6.27. The lowest BCUT2D eigenvalue weighted by molar-refractivity contribution is 0.0600. The van der Waals surface area contributed by atoms with Gasteiger partial charge in [-0.15, -0.1) is 0 Å². The van der Waals surface area contributed by atoms with E-state index in [1.807, 2.05) is 42.7 Å². The van der Waals surface area contributed by atoms with Gasteiger partial charge in [0.1, 0.15) is 18.2 Å². The number of ether oxygens (including phenoxy) is 2. The highest BCUT2D eigenvalue weighted by atomic mass is 35.5. The third kappa shape index (κ3) is 4.77. The molecule has 0 spiro atoms. The Bertz CT molecular complexity index is 1430. The molecule has 8 heteroatoms. The Kier molecular flexibility index (Phi) is 6.89. The van der Waals surface area contributed by atoms with Crippen molar-refractivity contribution in [2.45, 2.75) is 20.5 Å². The van der Waals surface area contributed by atoms with Gasteiger partial charge in [-0.2, -0.15) is 0 Å². The molecular formula is C27H21ClF3NO3. The molecule has 0 aliphatic rings. The number of aromatic nitrogens is 1. The predicted molar refractivity (Wildman–Crippen MR) is 128 cm³/mol. The smallest absolute Gasteiger partial charge is 0.338 e. The molecule has 0 aliphatic carbocycles. The van der Waals surface area contributed by atoms with Crippen LogP contribution in [0.25, 0.3) is 16.9 Å². The minimum absolute atomic E-state index is 0.289. The Morgan fingerprint density at radius 2 is 1.69 bits per heavy atom. The van der Waals surface area contributed by atoms with Crippen molar-refractivity contribution >= 4 is 17.6 Å². The van der Waals surface area contributed by atoms with E-state index in [1.54, 1.807) is 24.3 Å². The maximum absolute atomic E-state index is 14.1. The number of aryl methyl sites for hydroxylation is 2. The van der Waals surface area contributed by atoms with Crippen molar-refractivity contribution in [1.29, 1.82) is 0 Å². The molecular weight excluding hydrogens is 479 g/mol. The molecule has 0 unspecified atom stereocenters. The van der Waals surface area contributed by atoms with E-state index >= 15 is 0 Å². The SMILES string of the molecule is COC(=O)c1cc(-n2c(C)ccc2-c2cc(Cl)ccc2OCc2c(F)ccc(F)c2F)ccc1C. The van der Waals surface area contributed by atoms with Crippen LogP contribution in [-0.2, 0) is 11.3 Å². The summed E-state index contributed by atoms with van der Waals surface area (Å²) in [5.74, 6) is -3.53. The van der Waals surface area contributed by atoms with Gasteiger partial charge in [0.05, 0.1) is 23.9 Å². The second kappa shape index (κ2) is 9.88. The number of hydrogen-bond acceptors (Lipinski definition) is 3. The molecule has 180 valence electrons. The first kappa shape index (κ1) is 24.4. The van der Waals surface area contributed by atoms with Crippen LogP contribution < -0.4 is 4.74 Å². The molecule has 0 N–H and O–H groups in total. The first-order valence-corrected chi connectivity index (χ1v) is 11.0. The molecule has 4 rings (SSSR count). The molecule has 0 fully saturated rings. The number of hydrogen-bond donors (Lipinski definition) is 0. The third-order valence-corrected chi connectivity index (χ3v) is 5.92. The van der Waals surface area contributed by atoms with Crippen LogP contribution >= 0.6 is 11.6 Å². The molecule has 0 amide bonds. The molecule has 1 heterocycles. The van der Waals surface area contributed by atoms with Crippen molar-refractivity contribution < 1.29 is 27.4 Å². The van der Waals surface area contributed by atoms with Gasteiger partial charge in [0, 0.05) is 22.0 Å². The summed E-state index contributed by atoms with van der Waals surface area (Å²) in [6.45, 7) is 3.18. The summed E-state index contributed by atoms with van der Waals surface area (Å²) in [4.78, 5) is 12.2. The predicted octanol–water partition coefficient (Wildman–Crippen LogP) is 7.20. The standard InChI is InChI=1S/C27H21ClF3NO3/c1-15-4-7-18(13-19(15)27(33)34-3)32-16(2)5-10-24(32)20-12-17(28)6-11-25(20)35-14-21-22(29)8-9-23(30)26(21)31/h4-13H,14H2,1-3H3. The van der Waals surface area contributed by atoms with Gasteiger partial charge in [0.25, 0.3) is 0 Å². The van der Waals surface area contributed by atoms with E-state index in [0.717, 1.165) is 23.4 Å². The molecule has 0 saturated heterocycles. The number of halogens is 4. The second-order valence-electron chi connectivity index (χ2n) is 7.94. The van der Waals surface area contributed by atoms with Gasteiger partial charge in [-0.05, 0) is 74.0 Å². The topological polar surface area (TPSA) is 40.5 Å². The van der Waals surface area contributed by atoms with E-state index in [1.165, 1.54) is 7.11 Å². The zero-order chi connectivity index (χ0) is 25.3. The van der Waals surface area contributed by atoms with Crippen LogP contribution in [0, 0.1) is 31.3 Å². The van der Waals surface area contributed by atoms with Gasteiger partial charge in [-0.25, -0.2) is 18.0 Å². The van der Waals surface area contributed by atoms with Crippen molar-refractivity contribution in [3.8, 4) is 22.7 Å². The fraction of sp³-hybridized carbons (Fsp3) is 0.148. The number of nitrogens with zero attached hydrogens (tertiary/aromatic N) is 1. The average molecular weight is 500 g/mol. The highest BCUT2D eigenvalue weighted by Gasteiger charge is 2.19. The second-order valence-corrected chi connectivity index (χ2v) is 8.37. The Balaban J connectivity index is 1.79. The van der Waals surface area contributed by atoms with Gasteiger partial charge in [-0.1, -0.05) is 17.7 Å². The first-order chi connectivity index (χ1) is 16.7. The lowest BCUT2D eigenvalue weighted by Crippen LogP contribution is -2.07. The number of benzene rings is 3. The van der Waals surface area contributed by atoms with Crippen LogP contribution in [0.1, 0.15) is 27.2 Å². The molecule has 0 saturated carbocycles. The molecule has 3 aromatic carbocycles. The van der Waals surface area contributed by atoms with Crippen LogP contribution in [-0.4, -0.2) is 17.6 Å². The minimum atomic E-state index is -1.30. The minimum Gasteiger partial charge on any atom is -0.488 e. The summed E-state index contributed by atoms with van der Waals surface area (Å²) < 4.78 is 54.4. The van der Waals surface area contributed by atoms with Crippen molar-refractivity contribution in [3.63, 3.8) is 0 Å². The van der Waals surface area contributed by atoms with E-state index in [2.05, 4.69) is 0 Å². The summed E-state index contributed by atoms with van der Waals surface area (Å²) in [6, 6.07) is 15.5. The zero-order valence-electron chi connectivity index (χ0n) is 19.2. The van der Waals surface area contributed by atoms with Crippen LogP contribution in [0.4, 0.5) is 13.2 Å². The fourth-order valence-corrected chi connectivity index (χ4v) is 4.02. The lowest BCUT2D eigenvalue weighted by Gasteiger charge is -2.17. The molecule has 4 nitrogen and oxygen atoms in total. The fourth-order valence-electron chi connectivity index (χ4n) is 3.85. The molecule has 0 radical (unpaired) electrons. The largest absolute Gasteiger partial charge is 0.488 e. The van der Waals surface area contributed by atoms with E-state index in [0.29, 0.717) is 27.5 Å². The average Bonchev–Trinajstić information content (AvgIpc) is 3.23. The number of methoxy groups -OCH3 is 1. The number of esters is 1. The number of carbonyl (C=O) groups excluding carboxylic acids is 1. The van der Waals surface area contributed by atoms with Crippen LogP contribution in [0.5, 0.6) is 5.75 Å². The number of carbonyl (C=O) groups is 1. The van der Waals surface area contributed by atoms with Gasteiger partial charge in [0.15, 0.2) is 11.6 Å². The van der Waals surface area contributed by atoms with E-state index < -0.39 is 35.6 Å². The molecule has 4 aromatic rings. The normalized spacial score (nSPS) is 10.9. The lowest BCUT2D eigenvalue weighted by atomic mass is 10.1. The van der Waals surface area contributed by atoms with E-state index in [4.69, 9.17) is 21.1 Å². The molecule has 0 aliphatic heterocycles. The first-order valence-electron chi connectivity index (χ1n) is 10.6. The van der Waals surface area contributed by atoms with Crippen LogP contribution in [0.15, 0.2) is 60.7 Å². The van der Waals surface area contributed by atoms with Crippen molar-refractivity contribution in [2.75, 3.05) is 7.11 Å². The third-order valence-electron chi connectivity index (χ3n) is 5.69. The quantitative estimate of drug-likeness (QED) is 0.208. The summed E-state index contributed by atoms with van der Waals surface area (Å²) in [7, 11) is 1.32. The zero-order valence-corrected chi connectivity index (χ0v) is 19.9. The van der Waals surface area contributed by atoms with Gasteiger partial charge >= 0.3 is 5.97 Å². The van der Waals surface area contributed by atoms with Gasteiger partial charge in [0.2, 0.25) is 0 Å². The van der Waals surface area contributed by atoms with Crippen molar-refractivity contribution in [1.82, 2.24) is 4.57 Å². The van der Waals surface area contributed by atoms with Crippen LogP contribution in [0.2, 0.25) is 5.02 Å². The van der Waals surface area contributed by atoms with Crippen molar-refractivity contribution in [2.24, 2.45) is 0 Å². The monoisotopic (exact) mass is 499 g/mol. The van der Waals surface area contributed by atoms with Gasteiger partial charge in [-0.3, -0.25) is 0 Å². The Morgan fingerprint density at radius 3 is 2.43 bits per heavy atom. The molecule has 0 bridgehead atoms. The van der Waals surface area contributed by atoms with Crippen molar-refractivity contribution in [3.05, 3.63) is 106 Å². The van der Waals surface area contributed by atoms with E-state index in [9.17, 15) is 18.0 Å².